The highest BCUT2D eigenvalue weighted by atomic mass is 32.2. The van der Waals surface area contributed by atoms with Gasteiger partial charge in [-0.3, -0.25) is 10.1 Å². The number of nitro benzene ring substituents is 1. The minimum Gasteiger partial charge on any atom is -0.377 e. The van der Waals surface area contributed by atoms with Crippen LogP contribution in [0, 0.1) is 21.4 Å². The molecule has 0 amide bonds. The maximum absolute atomic E-state index is 11.1. The average Bonchev–Trinajstić information content (AvgIpc) is 2.47. The number of nitrogens with zero attached hydrogens (tertiary/aromatic N) is 2. The van der Waals surface area contributed by atoms with E-state index in [1.807, 2.05) is 17.8 Å². The number of nitro groups is 1. The van der Waals surface area contributed by atoms with Gasteiger partial charge in [-0.15, -0.1) is 0 Å². The van der Waals surface area contributed by atoms with E-state index in [0.29, 0.717) is 16.5 Å². The van der Waals surface area contributed by atoms with Gasteiger partial charge in [0.2, 0.25) is 0 Å². The van der Waals surface area contributed by atoms with Crippen LogP contribution in [0.25, 0.3) is 0 Å². The molecule has 1 aromatic rings. The maximum atomic E-state index is 11.1. The second-order valence-electron chi connectivity index (χ2n) is 4.97. The van der Waals surface area contributed by atoms with Crippen molar-refractivity contribution in [1.82, 2.24) is 0 Å². The summed E-state index contributed by atoms with van der Waals surface area (Å²) in [7, 11) is 0. The topological polar surface area (TPSA) is 79.0 Å². The van der Waals surface area contributed by atoms with Gasteiger partial charge in [-0.2, -0.15) is 17.0 Å². The molecule has 1 aromatic carbocycles. The maximum Gasteiger partial charge on any atom is 0.292 e. The Balaban J connectivity index is 2.19. The predicted molar refractivity (Wildman–Crippen MR) is 81.0 cm³/mol. The molecule has 1 fully saturated rings. The van der Waals surface area contributed by atoms with E-state index in [-0.39, 0.29) is 11.7 Å². The number of nitriles is 1. The zero-order chi connectivity index (χ0) is 14.5. The molecule has 1 aliphatic rings. The van der Waals surface area contributed by atoms with Crippen LogP contribution in [-0.4, -0.2) is 22.5 Å². The highest BCUT2D eigenvalue weighted by Gasteiger charge is 2.23. The first-order chi connectivity index (χ1) is 9.63. The van der Waals surface area contributed by atoms with Gasteiger partial charge in [0, 0.05) is 17.4 Å². The highest BCUT2D eigenvalue weighted by molar-refractivity contribution is 7.99. The van der Waals surface area contributed by atoms with Crippen LogP contribution in [0.15, 0.2) is 18.2 Å². The molecule has 1 aliphatic carbocycles. The first kappa shape index (κ1) is 14.7. The number of hydrogen-bond acceptors (Lipinski definition) is 5. The fraction of sp³-hybridized carbons (Fsp3) is 0.500. The van der Waals surface area contributed by atoms with Gasteiger partial charge in [0.25, 0.3) is 5.69 Å². The van der Waals surface area contributed by atoms with E-state index in [2.05, 4.69) is 11.6 Å². The van der Waals surface area contributed by atoms with Gasteiger partial charge in [0.1, 0.15) is 5.69 Å². The molecule has 106 valence electrons. The van der Waals surface area contributed by atoms with Crippen LogP contribution < -0.4 is 5.32 Å². The van der Waals surface area contributed by atoms with E-state index >= 15 is 0 Å². The van der Waals surface area contributed by atoms with Crippen molar-refractivity contribution in [3.63, 3.8) is 0 Å². The van der Waals surface area contributed by atoms with E-state index in [9.17, 15) is 10.1 Å². The number of hydrogen-bond donors (Lipinski definition) is 1. The van der Waals surface area contributed by atoms with E-state index < -0.39 is 4.92 Å². The van der Waals surface area contributed by atoms with E-state index in [1.54, 1.807) is 6.07 Å². The lowest BCUT2D eigenvalue weighted by molar-refractivity contribution is -0.384. The van der Waals surface area contributed by atoms with E-state index in [4.69, 9.17) is 5.26 Å². The van der Waals surface area contributed by atoms with Gasteiger partial charge in [-0.05, 0) is 37.7 Å². The Bertz CT molecular complexity index is 542. The average molecular weight is 291 g/mol. The molecule has 0 aliphatic heterocycles. The Labute approximate surface area is 122 Å². The summed E-state index contributed by atoms with van der Waals surface area (Å²) in [6, 6.07) is 6.72. The molecule has 0 saturated heterocycles. The Kier molecular flexibility index (Phi) is 4.85. The summed E-state index contributed by atoms with van der Waals surface area (Å²) >= 11 is 1.85. The summed E-state index contributed by atoms with van der Waals surface area (Å²) in [5, 5.41) is 23.9. The Morgan fingerprint density at radius 2 is 2.30 bits per heavy atom. The number of nitrogens with one attached hydrogen (secondary N) is 1. The molecular weight excluding hydrogens is 274 g/mol. The molecule has 0 spiro atoms. The molecule has 2 atom stereocenters. The third kappa shape index (κ3) is 3.42. The molecule has 1 saturated carbocycles. The molecule has 1 N–H and O–H groups in total. The zero-order valence-corrected chi connectivity index (χ0v) is 12.2. The Morgan fingerprint density at radius 1 is 1.50 bits per heavy atom. The SMILES string of the molecule is CSC1CCCC(Nc2cc(C#N)ccc2[N+](=O)[O-])C1. The molecule has 0 bridgehead atoms. The summed E-state index contributed by atoms with van der Waals surface area (Å²) in [4.78, 5) is 10.7. The van der Waals surface area contributed by atoms with Gasteiger partial charge in [-0.1, -0.05) is 6.42 Å². The van der Waals surface area contributed by atoms with Crippen molar-refractivity contribution in [2.45, 2.75) is 37.0 Å². The zero-order valence-electron chi connectivity index (χ0n) is 11.3. The van der Waals surface area contributed by atoms with Crippen LogP contribution >= 0.6 is 11.8 Å². The molecule has 0 heterocycles. The summed E-state index contributed by atoms with van der Waals surface area (Å²) in [5.41, 5.74) is 0.936. The quantitative estimate of drug-likeness (QED) is 0.678. The molecule has 2 unspecified atom stereocenters. The van der Waals surface area contributed by atoms with Gasteiger partial charge in [-0.25, -0.2) is 0 Å². The minimum absolute atomic E-state index is 0.0373. The fourth-order valence-electron chi connectivity index (χ4n) is 2.59. The Hall–Kier alpha value is -1.74. The van der Waals surface area contributed by atoms with Crippen molar-refractivity contribution in [3.8, 4) is 6.07 Å². The minimum atomic E-state index is -0.404. The third-order valence-electron chi connectivity index (χ3n) is 3.64. The van der Waals surface area contributed by atoms with Crippen LogP contribution in [-0.2, 0) is 0 Å². The number of rotatable bonds is 4. The predicted octanol–water partition coefficient (Wildman–Crippen LogP) is 3.55. The van der Waals surface area contributed by atoms with Gasteiger partial charge < -0.3 is 5.32 Å². The van der Waals surface area contributed by atoms with Crippen molar-refractivity contribution in [2.75, 3.05) is 11.6 Å². The number of anilines is 1. The van der Waals surface area contributed by atoms with Gasteiger partial charge >= 0.3 is 0 Å². The number of benzene rings is 1. The molecule has 5 nitrogen and oxygen atoms in total. The first-order valence-corrected chi connectivity index (χ1v) is 7.90. The van der Waals surface area contributed by atoms with Crippen LogP contribution in [0.4, 0.5) is 11.4 Å². The van der Waals surface area contributed by atoms with Crippen LogP contribution in [0.5, 0.6) is 0 Å². The van der Waals surface area contributed by atoms with Crippen molar-refractivity contribution < 1.29 is 4.92 Å². The first-order valence-electron chi connectivity index (χ1n) is 6.62. The van der Waals surface area contributed by atoms with Gasteiger partial charge in [0.15, 0.2) is 0 Å². The lowest BCUT2D eigenvalue weighted by atomic mass is 9.94. The fourth-order valence-corrected chi connectivity index (χ4v) is 3.42. The van der Waals surface area contributed by atoms with Crippen molar-refractivity contribution >= 4 is 23.1 Å². The molecule has 0 aromatic heterocycles. The van der Waals surface area contributed by atoms with Crippen LogP contribution in [0.3, 0.4) is 0 Å². The second kappa shape index (κ2) is 6.62. The van der Waals surface area contributed by atoms with Crippen LogP contribution in [0.1, 0.15) is 31.2 Å². The lowest BCUT2D eigenvalue weighted by Crippen LogP contribution is -2.28. The van der Waals surface area contributed by atoms with Crippen molar-refractivity contribution in [2.24, 2.45) is 0 Å². The molecule has 2 rings (SSSR count). The third-order valence-corrected chi connectivity index (χ3v) is 4.74. The van der Waals surface area contributed by atoms with E-state index in [1.165, 1.54) is 18.6 Å². The normalized spacial score (nSPS) is 22.0. The summed E-state index contributed by atoms with van der Waals surface area (Å²) in [6.07, 6.45) is 6.47. The van der Waals surface area contributed by atoms with Crippen molar-refractivity contribution in [3.05, 3.63) is 33.9 Å². The van der Waals surface area contributed by atoms with Crippen molar-refractivity contribution in [1.29, 1.82) is 5.26 Å². The summed E-state index contributed by atoms with van der Waals surface area (Å²) in [5.74, 6) is 0. The monoisotopic (exact) mass is 291 g/mol. The molecular formula is C14H17N3O2S. The summed E-state index contributed by atoms with van der Waals surface area (Å²) in [6.45, 7) is 0. The number of thioether (sulfide) groups is 1. The van der Waals surface area contributed by atoms with E-state index in [0.717, 1.165) is 19.3 Å². The Morgan fingerprint density at radius 3 is 2.95 bits per heavy atom. The largest absolute Gasteiger partial charge is 0.377 e. The molecule has 0 radical (unpaired) electrons. The molecule has 6 heteroatoms. The second-order valence-corrected chi connectivity index (χ2v) is 6.10. The van der Waals surface area contributed by atoms with Gasteiger partial charge in [0.05, 0.1) is 16.6 Å². The lowest BCUT2D eigenvalue weighted by Gasteiger charge is -2.29. The summed E-state index contributed by atoms with van der Waals surface area (Å²) < 4.78 is 0. The standard InChI is InChI=1S/C14H17N3O2S/c1-20-12-4-2-3-11(8-12)16-13-7-10(9-15)5-6-14(13)17(18)19/h5-7,11-12,16H,2-4,8H2,1H3. The smallest absolute Gasteiger partial charge is 0.292 e. The van der Waals surface area contributed by atoms with Crippen LogP contribution in [0.2, 0.25) is 0 Å². The highest BCUT2D eigenvalue weighted by Crippen LogP contribution is 2.32. The molecule has 20 heavy (non-hydrogen) atoms.